The number of thiophene rings is 1. The Bertz CT molecular complexity index is 983. The zero-order chi connectivity index (χ0) is 19.3. The van der Waals surface area contributed by atoms with Crippen molar-refractivity contribution < 1.29 is 13.2 Å². The summed E-state index contributed by atoms with van der Waals surface area (Å²) in [6.45, 7) is 0.190. The molecule has 0 saturated heterocycles. The molecule has 1 aromatic carbocycles. The summed E-state index contributed by atoms with van der Waals surface area (Å²) >= 11 is 1.13. The van der Waals surface area contributed by atoms with Crippen LogP contribution in [0.5, 0.6) is 0 Å². The second-order valence-corrected chi connectivity index (χ2v) is 9.14. The molecule has 0 spiro atoms. The fraction of sp³-hybridized carbons (Fsp3) is 0.222. The summed E-state index contributed by atoms with van der Waals surface area (Å²) in [6.07, 6.45) is 4.28. The molecular formula is C18H20N4O3S2. The number of nitrogens with zero attached hydrogens (tertiary/aromatic N) is 3. The predicted molar refractivity (Wildman–Crippen MR) is 104 cm³/mol. The lowest BCUT2D eigenvalue weighted by Crippen LogP contribution is -2.38. The van der Waals surface area contributed by atoms with Gasteiger partial charge in [-0.1, -0.05) is 24.3 Å². The van der Waals surface area contributed by atoms with Gasteiger partial charge in [0.25, 0.3) is 10.0 Å². The molecule has 0 aliphatic carbocycles. The molecule has 9 heteroatoms. The van der Waals surface area contributed by atoms with Gasteiger partial charge >= 0.3 is 0 Å². The quantitative estimate of drug-likeness (QED) is 0.622. The van der Waals surface area contributed by atoms with E-state index >= 15 is 0 Å². The number of rotatable bonds is 8. The van der Waals surface area contributed by atoms with Crippen LogP contribution in [-0.4, -0.2) is 48.5 Å². The van der Waals surface area contributed by atoms with Crippen molar-refractivity contribution in [2.75, 3.05) is 20.1 Å². The molecule has 1 amide bonds. The molecule has 0 aliphatic rings. The molecule has 142 valence electrons. The van der Waals surface area contributed by atoms with E-state index in [9.17, 15) is 13.2 Å². The normalized spacial score (nSPS) is 11.6. The number of amides is 1. The van der Waals surface area contributed by atoms with Crippen LogP contribution in [0.3, 0.4) is 0 Å². The lowest BCUT2D eigenvalue weighted by atomic mass is 10.2. The lowest BCUT2D eigenvalue weighted by molar-refractivity contribution is -0.121. The van der Waals surface area contributed by atoms with Gasteiger partial charge in [-0.15, -0.1) is 11.3 Å². The van der Waals surface area contributed by atoms with Gasteiger partial charge in [0.15, 0.2) is 0 Å². The number of para-hydroxylation sites is 1. The van der Waals surface area contributed by atoms with Gasteiger partial charge in [0.2, 0.25) is 5.91 Å². The van der Waals surface area contributed by atoms with Crippen LogP contribution in [0.15, 0.2) is 64.4 Å². The number of carbonyl (C=O) groups excluding carboxylic acids is 1. The molecule has 3 aromatic rings. The smallest absolute Gasteiger partial charge is 0.252 e. The number of nitrogens with one attached hydrogen (secondary N) is 1. The van der Waals surface area contributed by atoms with Crippen molar-refractivity contribution in [3.8, 4) is 5.69 Å². The summed E-state index contributed by atoms with van der Waals surface area (Å²) in [7, 11) is -2.22. The summed E-state index contributed by atoms with van der Waals surface area (Å²) in [4.78, 5) is 12.1. The van der Waals surface area contributed by atoms with Crippen molar-refractivity contribution in [3.63, 3.8) is 0 Å². The standard InChI is InChI=1S/C18H20N4O3S2/c1-21(27(24,25)18-8-5-11-26-18)14-17(23)19-10-9-15-12-20-22(13-15)16-6-3-2-4-7-16/h2-8,11-13H,9-10,14H2,1H3,(H,19,23). The molecule has 1 N–H and O–H groups in total. The van der Waals surface area contributed by atoms with E-state index in [1.165, 1.54) is 13.1 Å². The number of sulfonamides is 1. The van der Waals surface area contributed by atoms with Gasteiger partial charge in [-0.2, -0.15) is 9.40 Å². The third kappa shape index (κ3) is 4.82. The maximum absolute atomic E-state index is 12.3. The molecule has 0 aliphatic heterocycles. The number of aromatic nitrogens is 2. The second-order valence-electron chi connectivity index (χ2n) is 5.92. The highest BCUT2D eigenvalue weighted by Gasteiger charge is 2.23. The monoisotopic (exact) mass is 404 g/mol. The highest BCUT2D eigenvalue weighted by molar-refractivity contribution is 7.91. The van der Waals surface area contributed by atoms with Crippen LogP contribution in [0.1, 0.15) is 5.56 Å². The Morgan fingerprint density at radius 2 is 2.00 bits per heavy atom. The molecule has 0 bridgehead atoms. The van der Waals surface area contributed by atoms with Crippen molar-refractivity contribution in [2.45, 2.75) is 10.6 Å². The average molecular weight is 405 g/mol. The Kier molecular flexibility index (Phi) is 6.04. The fourth-order valence-corrected chi connectivity index (χ4v) is 4.79. The van der Waals surface area contributed by atoms with E-state index in [-0.39, 0.29) is 16.7 Å². The van der Waals surface area contributed by atoms with Crippen LogP contribution in [0.4, 0.5) is 0 Å². The minimum atomic E-state index is -3.62. The largest absolute Gasteiger partial charge is 0.355 e. The van der Waals surface area contributed by atoms with E-state index in [1.807, 2.05) is 36.5 Å². The maximum Gasteiger partial charge on any atom is 0.252 e. The Balaban J connectivity index is 1.48. The molecule has 2 aromatic heterocycles. The van der Waals surface area contributed by atoms with Crippen molar-refractivity contribution in [2.24, 2.45) is 0 Å². The summed E-state index contributed by atoms with van der Waals surface area (Å²) in [5, 5.41) is 8.75. The van der Waals surface area contributed by atoms with Gasteiger partial charge in [-0.3, -0.25) is 4.79 Å². The number of hydrogen-bond donors (Lipinski definition) is 1. The Morgan fingerprint density at radius 3 is 2.70 bits per heavy atom. The van der Waals surface area contributed by atoms with Crippen LogP contribution < -0.4 is 5.32 Å². The first kappa shape index (κ1) is 19.3. The average Bonchev–Trinajstić information content (AvgIpc) is 3.35. The van der Waals surface area contributed by atoms with Crippen molar-refractivity contribution in [3.05, 3.63) is 65.8 Å². The fourth-order valence-electron chi connectivity index (χ4n) is 2.46. The molecule has 0 unspecified atom stereocenters. The van der Waals surface area contributed by atoms with Gasteiger partial charge in [0.05, 0.1) is 18.4 Å². The minimum Gasteiger partial charge on any atom is -0.355 e. The lowest BCUT2D eigenvalue weighted by Gasteiger charge is -2.15. The summed E-state index contributed by atoms with van der Waals surface area (Å²) in [5.41, 5.74) is 1.95. The second kappa shape index (κ2) is 8.47. The highest BCUT2D eigenvalue weighted by Crippen LogP contribution is 2.19. The number of benzene rings is 1. The third-order valence-electron chi connectivity index (χ3n) is 3.92. The molecule has 0 atom stereocenters. The maximum atomic E-state index is 12.3. The third-order valence-corrected chi connectivity index (χ3v) is 7.09. The number of carbonyl (C=O) groups is 1. The first-order valence-electron chi connectivity index (χ1n) is 8.32. The van der Waals surface area contributed by atoms with Gasteiger partial charge in [-0.25, -0.2) is 13.1 Å². The van der Waals surface area contributed by atoms with E-state index in [2.05, 4.69) is 10.4 Å². The first-order valence-corrected chi connectivity index (χ1v) is 10.6. The topological polar surface area (TPSA) is 84.3 Å². The SMILES string of the molecule is CN(CC(=O)NCCc1cnn(-c2ccccc2)c1)S(=O)(=O)c1cccs1. The van der Waals surface area contributed by atoms with E-state index in [4.69, 9.17) is 0 Å². The first-order chi connectivity index (χ1) is 13.0. The summed E-state index contributed by atoms with van der Waals surface area (Å²) in [5.74, 6) is -0.340. The van der Waals surface area contributed by atoms with E-state index in [0.717, 1.165) is 26.9 Å². The Labute approximate surface area is 162 Å². The van der Waals surface area contributed by atoms with Gasteiger partial charge in [0.1, 0.15) is 4.21 Å². The van der Waals surface area contributed by atoms with E-state index in [0.29, 0.717) is 13.0 Å². The molecule has 2 heterocycles. The molecule has 0 saturated carbocycles. The van der Waals surface area contributed by atoms with Gasteiger partial charge in [-0.05, 0) is 35.6 Å². The molecule has 0 radical (unpaired) electrons. The molecular weight excluding hydrogens is 384 g/mol. The predicted octanol–water partition coefficient (Wildman–Crippen LogP) is 1.91. The van der Waals surface area contributed by atoms with Gasteiger partial charge in [0, 0.05) is 19.8 Å². The molecule has 3 rings (SSSR count). The molecule has 0 fully saturated rings. The highest BCUT2D eigenvalue weighted by atomic mass is 32.2. The van der Waals surface area contributed by atoms with Crippen LogP contribution in [0, 0.1) is 0 Å². The summed E-state index contributed by atoms with van der Waals surface area (Å²) < 4.78 is 27.7. The van der Waals surface area contributed by atoms with Crippen molar-refractivity contribution >= 4 is 27.3 Å². The Hall–Kier alpha value is -2.49. The zero-order valence-electron chi connectivity index (χ0n) is 14.8. The van der Waals surface area contributed by atoms with Crippen LogP contribution in [0.2, 0.25) is 0 Å². The van der Waals surface area contributed by atoms with Crippen LogP contribution >= 0.6 is 11.3 Å². The zero-order valence-corrected chi connectivity index (χ0v) is 16.4. The number of hydrogen-bond acceptors (Lipinski definition) is 5. The van der Waals surface area contributed by atoms with Crippen LogP contribution in [0.25, 0.3) is 5.69 Å². The molecule has 7 nitrogen and oxygen atoms in total. The van der Waals surface area contributed by atoms with E-state index in [1.54, 1.807) is 22.3 Å². The minimum absolute atomic E-state index is 0.219. The molecule has 27 heavy (non-hydrogen) atoms. The summed E-state index contributed by atoms with van der Waals surface area (Å²) in [6, 6.07) is 12.9. The Morgan fingerprint density at radius 1 is 1.22 bits per heavy atom. The van der Waals surface area contributed by atoms with Gasteiger partial charge < -0.3 is 5.32 Å². The van der Waals surface area contributed by atoms with Crippen LogP contribution in [-0.2, 0) is 21.2 Å². The number of likely N-dealkylation sites (N-methyl/N-ethyl adjacent to an activating group) is 1. The van der Waals surface area contributed by atoms with Crippen molar-refractivity contribution in [1.82, 2.24) is 19.4 Å². The van der Waals surface area contributed by atoms with E-state index < -0.39 is 10.0 Å². The van der Waals surface area contributed by atoms with Crippen molar-refractivity contribution in [1.29, 1.82) is 0 Å².